The third-order valence-corrected chi connectivity index (χ3v) is 4.78. The number of nitrogens with zero attached hydrogens (tertiary/aromatic N) is 1. The van der Waals surface area contributed by atoms with Crippen molar-refractivity contribution in [1.82, 2.24) is 10.3 Å². The fourth-order valence-electron chi connectivity index (χ4n) is 3.13. The molecule has 0 aliphatic carbocycles. The van der Waals surface area contributed by atoms with Crippen LogP contribution < -0.4 is 10.6 Å². The van der Waals surface area contributed by atoms with E-state index in [1.807, 2.05) is 56.3 Å². The Morgan fingerprint density at radius 2 is 1.69 bits per heavy atom. The highest BCUT2D eigenvalue weighted by atomic mass is 32.1. The van der Waals surface area contributed by atoms with Gasteiger partial charge in [0.1, 0.15) is 5.52 Å². The summed E-state index contributed by atoms with van der Waals surface area (Å²) in [5.74, 6) is 0.322. The molecule has 0 unspecified atom stereocenters. The van der Waals surface area contributed by atoms with Crippen molar-refractivity contribution in [3.8, 4) is 11.5 Å². The number of aromatic nitrogens is 1. The zero-order valence-electron chi connectivity index (χ0n) is 16.0. The molecular weight excluding hydrogens is 382 g/mol. The summed E-state index contributed by atoms with van der Waals surface area (Å²) < 4.78 is 6.01. The van der Waals surface area contributed by atoms with Crippen molar-refractivity contribution in [3.05, 3.63) is 83.4 Å². The first-order valence-electron chi connectivity index (χ1n) is 9.16. The topological polar surface area (TPSA) is 67.2 Å². The maximum absolute atomic E-state index is 12.3. The highest BCUT2D eigenvalue weighted by Gasteiger charge is 2.14. The second-order valence-electron chi connectivity index (χ2n) is 6.75. The van der Waals surface area contributed by atoms with Crippen molar-refractivity contribution in [3.63, 3.8) is 0 Å². The van der Waals surface area contributed by atoms with Crippen LogP contribution in [0.2, 0.25) is 0 Å². The smallest absolute Gasteiger partial charge is 0.257 e. The van der Waals surface area contributed by atoms with Crippen LogP contribution in [0.5, 0.6) is 0 Å². The first-order chi connectivity index (χ1) is 14.0. The van der Waals surface area contributed by atoms with Crippen LogP contribution in [0.3, 0.4) is 0 Å². The quantitative estimate of drug-likeness (QED) is 0.460. The van der Waals surface area contributed by atoms with Gasteiger partial charge in [0.15, 0.2) is 10.7 Å². The van der Waals surface area contributed by atoms with Gasteiger partial charge in [-0.1, -0.05) is 36.4 Å². The second-order valence-corrected chi connectivity index (χ2v) is 7.16. The highest BCUT2D eigenvalue weighted by Crippen LogP contribution is 2.30. The van der Waals surface area contributed by atoms with Crippen LogP contribution in [-0.4, -0.2) is 16.0 Å². The molecule has 4 rings (SSSR count). The lowest BCUT2D eigenvalue weighted by Gasteiger charge is -2.10. The number of carbonyl (C=O) groups is 1. The van der Waals surface area contributed by atoms with Crippen LogP contribution in [0.15, 0.2) is 71.1 Å². The summed E-state index contributed by atoms with van der Waals surface area (Å²) in [5.41, 5.74) is 5.72. The monoisotopic (exact) mass is 401 g/mol. The SMILES string of the molecule is Cc1ccccc1-c1nc2cc(NC(=S)NC(=O)c3ccccc3)cc(C)c2o1. The van der Waals surface area contributed by atoms with E-state index in [2.05, 4.69) is 15.6 Å². The number of carbonyl (C=O) groups excluding carboxylic acids is 1. The Bertz CT molecular complexity index is 1220. The maximum atomic E-state index is 12.3. The van der Waals surface area contributed by atoms with Gasteiger partial charge in [-0.25, -0.2) is 4.98 Å². The second kappa shape index (κ2) is 7.85. The summed E-state index contributed by atoms with van der Waals surface area (Å²) in [6.07, 6.45) is 0. The van der Waals surface area contributed by atoms with E-state index in [4.69, 9.17) is 16.6 Å². The van der Waals surface area contributed by atoms with E-state index < -0.39 is 0 Å². The Hall–Kier alpha value is -3.51. The van der Waals surface area contributed by atoms with E-state index in [1.165, 1.54) is 0 Å². The molecule has 1 heterocycles. The molecule has 1 amide bonds. The number of fused-ring (bicyclic) bond motifs is 1. The van der Waals surface area contributed by atoms with E-state index in [0.29, 0.717) is 11.5 Å². The van der Waals surface area contributed by atoms with Crippen LogP contribution in [0.1, 0.15) is 21.5 Å². The maximum Gasteiger partial charge on any atom is 0.257 e. The van der Waals surface area contributed by atoms with Gasteiger partial charge in [-0.15, -0.1) is 0 Å². The molecule has 5 nitrogen and oxygen atoms in total. The molecule has 0 spiro atoms. The third kappa shape index (κ3) is 4.02. The largest absolute Gasteiger partial charge is 0.436 e. The van der Waals surface area contributed by atoms with Crippen molar-refractivity contribution < 1.29 is 9.21 Å². The van der Waals surface area contributed by atoms with Crippen molar-refractivity contribution >= 4 is 40.0 Å². The number of amides is 1. The minimum Gasteiger partial charge on any atom is -0.436 e. The molecule has 0 atom stereocenters. The molecule has 2 N–H and O–H groups in total. The third-order valence-electron chi connectivity index (χ3n) is 4.57. The Labute approximate surface area is 173 Å². The predicted octanol–water partition coefficient (Wildman–Crippen LogP) is 5.24. The summed E-state index contributed by atoms with van der Waals surface area (Å²) in [7, 11) is 0. The van der Waals surface area contributed by atoms with Crippen molar-refractivity contribution in [2.75, 3.05) is 5.32 Å². The van der Waals surface area contributed by atoms with Gasteiger partial charge in [0, 0.05) is 16.8 Å². The van der Waals surface area contributed by atoms with E-state index in [-0.39, 0.29) is 11.0 Å². The molecule has 3 aromatic carbocycles. The van der Waals surface area contributed by atoms with Crippen molar-refractivity contribution in [2.45, 2.75) is 13.8 Å². The fraction of sp³-hybridized carbons (Fsp3) is 0.0870. The molecule has 0 radical (unpaired) electrons. The van der Waals surface area contributed by atoms with Gasteiger partial charge >= 0.3 is 0 Å². The number of hydrogen-bond donors (Lipinski definition) is 2. The van der Waals surface area contributed by atoms with Gasteiger partial charge in [-0.3, -0.25) is 10.1 Å². The van der Waals surface area contributed by atoms with Gasteiger partial charge in [-0.05, 0) is 67.5 Å². The molecule has 1 aromatic heterocycles. The number of benzene rings is 3. The van der Waals surface area contributed by atoms with Crippen molar-refractivity contribution in [2.24, 2.45) is 0 Å². The molecule has 0 saturated carbocycles. The number of nitrogens with one attached hydrogen (secondary N) is 2. The van der Waals surface area contributed by atoms with Crippen LogP contribution in [0.4, 0.5) is 5.69 Å². The summed E-state index contributed by atoms with van der Waals surface area (Å²) >= 11 is 5.29. The molecule has 0 saturated heterocycles. The summed E-state index contributed by atoms with van der Waals surface area (Å²) in [4.78, 5) is 16.9. The Morgan fingerprint density at radius 1 is 0.966 bits per heavy atom. The number of aryl methyl sites for hydroxylation is 2. The molecule has 0 bridgehead atoms. The summed E-state index contributed by atoms with van der Waals surface area (Å²) in [6.45, 7) is 3.98. The molecular formula is C23H19N3O2S. The number of anilines is 1. The lowest BCUT2D eigenvalue weighted by atomic mass is 10.1. The van der Waals surface area contributed by atoms with E-state index in [1.54, 1.807) is 24.3 Å². The highest BCUT2D eigenvalue weighted by molar-refractivity contribution is 7.80. The molecule has 0 fully saturated rings. The number of thiocarbonyl (C=S) groups is 1. The molecule has 6 heteroatoms. The minimum absolute atomic E-state index is 0.222. The average molecular weight is 401 g/mol. The zero-order valence-corrected chi connectivity index (χ0v) is 16.8. The first-order valence-corrected chi connectivity index (χ1v) is 9.56. The molecule has 4 aromatic rings. The zero-order chi connectivity index (χ0) is 20.4. The molecule has 0 aliphatic rings. The lowest BCUT2D eigenvalue weighted by Crippen LogP contribution is -2.34. The van der Waals surface area contributed by atoms with Gasteiger partial charge in [0.2, 0.25) is 5.89 Å². The molecule has 0 aliphatic heterocycles. The van der Waals surface area contributed by atoms with Crippen LogP contribution in [0, 0.1) is 13.8 Å². The number of rotatable bonds is 3. The number of hydrogen-bond acceptors (Lipinski definition) is 4. The Balaban J connectivity index is 1.56. The van der Waals surface area contributed by atoms with Gasteiger partial charge in [-0.2, -0.15) is 0 Å². The molecule has 144 valence electrons. The predicted molar refractivity (Wildman–Crippen MR) is 119 cm³/mol. The van der Waals surface area contributed by atoms with E-state index >= 15 is 0 Å². The van der Waals surface area contributed by atoms with Gasteiger partial charge in [0.25, 0.3) is 5.91 Å². The average Bonchev–Trinajstić information content (AvgIpc) is 3.13. The summed E-state index contributed by atoms with van der Waals surface area (Å²) in [5, 5.41) is 5.96. The minimum atomic E-state index is -0.260. The summed E-state index contributed by atoms with van der Waals surface area (Å²) in [6, 6.07) is 20.7. The Kier molecular flexibility index (Phi) is 5.10. The van der Waals surface area contributed by atoms with E-state index in [0.717, 1.165) is 33.5 Å². The molecule has 29 heavy (non-hydrogen) atoms. The standard InChI is InChI=1S/C23H19N3O2S/c1-14-8-6-7-11-18(14)22-25-19-13-17(12-15(2)20(19)28-22)24-23(29)26-21(27)16-9-4-3-5-10-16/h3-13H,1-2H3,(H2,24,26,27,29). The van der Waals surface area contributed by atoms with Crippen molar-refractivity contribution in [1.29, 1.82) is 0 Å². The fourth-order valence-corrected chi connectivity index (χ4v) is 3.34. The number of oxazole rings is 1. The van der Waals surface area contributed by atoms with Crippen LogP contribution in [0.25, 0.3) is 22.6 Å². The Morgan fingerprint density at radius 3 is 2.45 bits per heavy atom. The normalized spacial score (nSPS) is 10.7. The van der Waals surface area contributed by atoms with Gasteiger partial charge in [0.05, 0.1) is 0 Å². The van der Waals surface area contributed by atoms with Crippen LogP contribution >= 0.6 is 12.2 Å². The van der Waals surface area contributed by atoms with Gasteiger partial charge < -0.3 is 9.73 Å². The lowest BCUT2D eigenvalue weighted by molar-refractivity contribution is 0.0977. The van der Waals surface area contributed by atoms with Crippen LogP contribution in [-0.2, 0) is 0 Å². The first kappa shape index (κ1) is 18.8. The van der Waals surface area contributed by atoms with E-state index in [9.17, 15) is 4.79 Å².